The average molecular weight is 1120 g/mol. The van der Waals surface area contributed by atoms with E-state index in [4.69, 9.17) is 0 Å². The Morgan fingerprint density at radius 3 is 0.257 bits per heavy atom. The summed E-state index contributed by atoms with van der Waals surface area (Å²) in [5.41, 5.74) is 15.3. The second-order valence-electron chi connectivity index (χ2n) is 28.9. The summed E-state index contributed by atoms with van der Waals surface area (Å²) in [7, 11) is -9.01. The van der Waals surface area contributed by atoms with Gasteiger partial charge in [-0.15, -0.1) is 0 Å². The molecule has 70 heavy (non-hydrogen) atoms. The molecule has 0 spiro atoms. The van der Waals surface area contributed by atoms with E-state index in [0.29, 0.717) is 0 Å². The van der Waals surface area contributed by atoms with Crippen LogP contribution in [0.3, 0.4) is 0 Å². The van der Waals surface area contributed by atoms with Crippen molar-refractivity contribution in [2.75, 3.05) is 0 Å². The molecule has 0 aliphatic carbocycles. The Labute approximate surface area is 467 Å². The van der Waals surface area contributed by atoms with Crippen molar-refractivity contribution in [3.05, 3.63) is 15.5 Å². The van der Waals surface area contributed by atoms with E-state index in [-0.39, 0.29) is 17.4 Å². The first-order valence-electron chi connectivity index (χ1n) is 30.7. The van der Waals surface area contributed by atoms with Crippen LogP contribution in [0.1, 0.15) is 289 Å². The van der Waals surface area contributed by atoms with Gasteiger partial charge in [0, 0.05) is 0 Å². The maximum Gasteiger partial charge on any atom is 3.00 e. The van der Waals surface area contributed by atoms with Gasteiger partial charge in [0.2, 0.25) is 0 Å². The summed E-state index contributed by atoms with van der Waals surface area (Å²) in [4.78, 5) is 0. The maximum atomic E-state index is 2.54. The first-order valence-corrected chi connectivity index (χ1v) is 44.1. The van der Waals surface area contributed by atoms with Gasteiger partial charge in [-0.1, -0.05) is 418 Å². The van der Waals surface area contributed by atoms with Crippen molar-refractivity contribution >= 4 is 48.4 Å². The van der Waals surface area contributed by atoms with Gasteiger partial charge in [0.05, 0.1) is 0 Å². The minimum atomic E-state index is -1.50. The van der Waals surface area contributed by atoms with E-state index in [1.54, 1.807) is 0 Å². The summed E-state index contributed by atoms with van der Waals surface area (Å²) >= 11 is 0. The van der Waals surface area contributed by atoms with Crippen LogP contribution in [-0.2, 0) is 17.4 Å². The molecule has 0 unspecified atom stereocenters. The summed E-state index contributed by atoms with van der Waals surface area (Å²) in [6.45, 7) is 99.0. The van der Waals surface area contributed by atoms with Crippen LogP contribution in [0.5, 0.6) is 0 Å². The fourth-order valence-corrected chi connectivity index (χ4v) is 86.0. The van der Waals surface area contributed by atoms with Crippen molar-refractivity contribution in [2.24, 2.45) is 0 Å². The van der Waals surface area contributed by atoms with Crippen LogP contribution < -0.4 is 0 Å². The van der Waals surface area contributed by atoms with Gasteiger partial charge in [0.25, 0.3) is 0 Å². The minimum absolute atomic E-state index is 0. The SMILES string of the molecule is CC[C-]([Si](C(C)C)(C(C)C)C(C)C)[Si](C(C)C)(C(C)C)C(C)C.CC[C-]([Si](C(C)C)(C(C)C)C(C)C)[Si](C(C)C)(C(C)C)C(C)C.CC[C-]([Si](C(C)C)(C(C)C)C(C)C)[Si](C(C)C)(C(C)C)C(C)C.[Cr+3]. The molecule has 0 heterocycles. The fraction of sp³-hybridized carbons (Fsp3) is 0.952. The standard InChI is InChI=1S/3C21H47Si2.Cr/c3*1-14-21(22(15(2)3,16(4)5)17(6)7)23(18(8)9,19(10)11)20(12)13;/h3*15-20H,14H2,1-13H3;/q3*-1;+3. The number of rotatable bonds is 27. The smallest absolute Gasteiger partial charge is 0.309 e. The Morgan fingerprint density at radius 2 is 0.229 bits per heavy atom. The third kappa shape index (κ3) is 14.4. The first kappa shape index (κ1) is 78.3. The Bertz CT molecular complexity index is 962. The van der Waals surface area contributed by atoms with Crippen molar-refractivity contribution in [1.82, 2.24) is 0 Å². The molecule has 0 aromatic heterocycles. The Balaban J connectivity index is -0.000000463. The molecule has 0 fully saturated rings. The molecule has 0 saturated carbocycles. The van der Waals surface area contributed by atoms with E-state index in [9.17, 15) is 0 Å². The van der Waals surface area contributed by atoms with Gasteiger partial charge < -0.3 is 15.5 Å². The molecule has 0 aliphatic heterocycles. The van der Waals surface area contributed by atoms with E-state index < -0.39 is 48.4 Å². The molecule has 0 amide bonds. The molecular formula is C63H141CrSi6. The first-order chi connectivity index (χ1) is 31.1. The summed E-state index contributed by atoms with van der Waals surface area (Å²) in [5.74, 6) is 0. The van der Waals surface area contributed by atoms with Crippen molar-refractivity contribution in [1.29, 1.82) is 0 Å². The van der Waals surface area contributed by atoms with Gasteiger partial charge in [-0.05, 0) is 0 Å². The molecule has 0 aliphatic rings. The van der Waals surface area contributed by atoms with Gasteiger partial charge >= 0.3 is 17.4 Å². The van der Waals surface area contributed by atoms with Gasteiger partial charge in [0.1, 0.15) is 0 Å². The summed E-state index contributed by atoms with van der Waals surface area (Å²) in [5, 5.41) is 6.39. The summed E-state index contributed by atoms with van der Waals surface area (Å²) in [6.07, 6.45) is 4.00. The predicted octanol–water partition coefficient (Wildman–Crippen LogP) is 25.2. The van der Waals surface area contributed by atoms with Crippen LogP contribution in [0.15, 0.2) is 0 Å². The van der Waals surface area contributed by atoms with Crippen LogP contribution in [0, 0.1) is 15.5 Å². The van der Waals surface area contributed by atoms with Gasteiger partial charge in [-0.2, -0.15) is 19.3 Å². The summed E-state index contributed by atoms with van der Waals surface area (Å²) < 4.78 is 0. The molecule has 7 heteroatoms. The largest absolute Gasteiger partial charge is 3.00 e. The second-order valence-corrected chi connectivity index (χ2v) is 66.0. The molecule has 0 rings (SSSR count). The fourth-order valence-electron chi connectivity index (χ4n) is 21.2. The Kier molecular flexibility index (Phi) is 35.9. The molecule has 1 radical (unpaired) electrons. The monoisotopic (exact) mass is 1120 g/mol. The van der Waals surface area contributed by atoms with E-state index in [1.807, 2.05) is 0 Å². The Hall–Kier alpha value is 1.83. The zero-order valence-electron chi connectivity index (χ0n) is 56.4. The molecule has 423 valence electrons. The maximum absolute atomic E-state index is 2.54. The topological polar surface area (TPSA) is 0 Å². The van der Waals surface area contributed by atoms with Crippen LogP contribution in [0.4, 0.5) is 0 Å². The number of hydrogen-bond donors (Lipinski definition) is 0. The second kappa shape index (κ2) is 32.0. The van der Waals surface area contributed by atoms with Gasteiger partial charge in [-0.25, -0.2) is 0 Å². The molecule has 0 saturated heterocycles. The van der Waals surface area contributed by atoms with Gasteiger partial charge in [0.15, 0.2) is 0 Å². The molecular weight excluding hydrogens is 977 g/mol. The molecule has 0 aromatic rings. The normalized spacial score (nSPS) is 14.4. The van der Waals surface area contributed by atoms with E-state index in [0.717, 1.165) is 99.7 Å². The quantitative estimate of drug-likeness (QED) is 0.0568. The molecule has 0 atom stereocenters. The van der Waals surface area contributed by atoms with E-state index in [2.05, 4.69) is 286 Å². The predicted molar refractivity (Wildman–Crippen MR) is 347 cm³/mol. The van der Waals surface area contributed by atoms with E-state index in [1.165, 1.54) is 19.3 Å². The zero-order chi connectivity index (χ0) is 56.2. The number of hydrogen-bond acceptors (Lipinski definition) is 0. The molecule has 0 bridgehead atoms. The Morgan fingerprint density at radius 1 is 0.171 bits per heavy atom. The van der Waals surface area contributed by atoms with Crippen LogP contribution in [-0.4, -0.2) is 48.4 Å². The van der Waals surface area contributed by atoms with Crippen molar-refractivity contribution in [2.45, 2.75) is 389 Å². The van der Waals surface area contributed by atoms with Crippen molar-refractivity contribution in [3.63, 3.8) is 0 Å². The average Bonchev–Trinajstić information content (AvgIpc) is 3.15. The van der Waals surface area contributed by atoms with Gasteiger partial charge in [-0.3, -0.25) is 0 Å². The van der Waals surface area contributed by atoms with Crippen LogP contribution in [0.25, 0.3) is 0 Å². The van der Waals surface area contributed by atoms with Crippen molar-refractivity contribution < 1.29 is 17.4 Å². The molecule has 0 aromatic carbocycles. The van der Waals surface area contributed by atoms with E-state index >= 15 is 0 Å². The third-order valence-corrected chi connectivity index (χ3v) is 72.0. The van der Waals surface area contributed by atoms with Crippen LogP contribution >= 0.6 is 0 Å². The van der Waals surface area contributed by atoms with Crippen LogP contribution in [0.2, 0.25) is 99.7 Å². The minimum Gasteiger partial charge on any atom is -0.309 e. The zero-order valence-corrected chi connectivity index (χ0v) is 63.7. The molecule has 0 nitrogen and oxygen atoms in total. The van der Waals surface area contributed by atoms with Crippen molar-refractivity contribution in [3.8, 4) is 0 Å². The molecule has 0 N–H and O–H groups in total. The summed E-state index contributed by atoms with van der Waals surface area (Å²) in [6, 6.07) is 0. The third-order valence-electron chi connectivity index (χ3n) is 21.4.